The number of nitrogens with one attached hydrogen (secondary N) is 1. The molecule has 1 unspecified atom stereocenters. The van der Waals surface area contributed by atoms with Gasteiger partial charge < -0.3 is 10.2 Å². The maximum absolute atomic E-state index is 4.78. The molecule has 1 N–H and O–H groups in total. The van der Waals surface area contributed by atoms with Crippen molar-refractivity contribution in [3.05, 3.63) is 10.6 Å². The lowest BCUT2D eigenvalue weighted by Gasteiger charge is -2.32. The summed E-state index contributed by atoms with van der Waals surface area (Å²) in [6.07, 6.45) is 0. The van der Waals surface area contributed by atoms with Gasteiger partial charge in [-0.1, -0.05) is 13.8 Å². The highest BCUT2D eigenvalue weighted by Gasteiger charge is 2.22. The van der Waals surface area contributed by atoms with Crippen LogP contribution < -0.4 is 10.2 Å². The van der Waals surface area contributed by atoms with Crippen molar-refractivity contribution in [3.63, 3.8) is 0 Å². The van der Waals surface area contributed by atoms with E-state index in [4.69, 9.17) is 4.98 Å². The minimum Gasteiger partial charge on any atom is -0.344 e. The number of thioether (sulfide) groups is 1. The predicted molar refractivity (Wildman–Crippen MR) is 87.5 cm³/mol. The van der Waals surface area contributed by atoms with Gasteiger partial charge in [0.05, 0.1) is 5.69 Å². The third kappa shape index (κ3) is 4.10. The van der Waals surface area contributed by atoms with Gasteiger partial charge in [-0.05, 0) is 26.3 Å². The maximum atomic E-state index is 4.78. The van der Waals surface area contributed by atoms with Crippen LogP contribution in [0.2, 0.25) is 0 Å². The molecule has 5 heteroatoms. The second-order valence-electron chi connectivity index (χ2n) is 5.65. The summed E-state index contributed by atoms with van der Waals surface area (Å²) < 4.78 is 0. The minimum atomic E-state index is 0.612. The van der Waals surface area contributed by atoms with Gasteiger partial charge >= 0.3 is 0 Å². The van der Waals surface area contributed by atoms with Gasteiger partial charge in [0.1, 0.15) is 0 Å². The molecule has 108 valence electrons. The van der Waals surface area contributed by atoms with Gasteiger partial charge in [-0.3, -0.25) is 0 Å². The van der Waals surface area contributed by atoms with Crippen molar-refractivity contribution in [2.45, 2.75) is 40.3 Å². The number of aryl methyl sites for hydroxylation is 1. The average molecular weight is 300 g/mol. The Hall–Kier alpha value is -0.260. The van der Waals surface area contributed by atoms with Gasteiger partial charge in [0.2, 0.25) is 0 Å². The van der Waals surface area contributed by atoms with Crippen LogP contribution in [0.3, 0.4) is 0 Å². The van der Waals surface area contributed by atoms with Crippen molar-refractivity contribution in [1.29, 1.82) is 0 Å². The Morgan fingerprint density at radius 1 is 1.47 bits per heavy atom. The lowest BCUT2D eigenvalue weighted by Crippen LogP contribution is -2.40. The SMILES string of the molecule is Cc1nc(N2CCSCC2C)sc1CNCC(C)C. The van der Waals surface area contributed by atoms with Gasteiger partial charge in [0, 0.05) is 35.5 Å². The van der Waals surface area contributed by atoms with Crippen LogP contribution in [0.1, 0.15) is 31.3 Å². The van der Waals surface area contributed by atoms with Crippen LogP contribution in [0.25, 0.3) is 0 Å². The summed E-state index contributed by atoms with van der Waals surface area (Å²) in [5, 5.41) is 4.73. The second-order valence-corrected chi connectivity index (χ2v) is 7.86. The lowest BCUT2D eigenvalue weighted by molar-refractivity contribution is 0.554. The fourth-order valence-corrected chi connectivity index (χ4v) is 4.36. The summed E-state index contributed by atoms with van der Waals surface area (Å²) in [7, 11) is 0. The van der Waals surface area contributed by atoms with E-state index in [1.807, 2.05) is 11.3 Å². The number of hydrogen-bond donors (Lipinski definition) is 1. The molecule has 0 amide bonds. The van der Waals surface area contributed by atoms with Crippen molar-refractivity contribution in [3.8, 4) is 0 Å². The van der Waals surface area contributed by atoms with E-state index in [-0.39, 0.29) is 0 Å². The number of rotatable bonds is 5. The fourth-order valence-electron chi connectivity index (χ4n) is 2.19. The molecule has 1 aromatic heterocycles. The fraction of sp³-hybridized carbons (Fsp3) is 0.786. The molecule has 0 bridgehead atoms. The molecular formula is C14H25N3S2. The third-order valence-electron chi connectivity index (χ3n) is 3.33. The molecule has 1 aromatic rings. The lowest BCUT2D eigenvalue weighted by atomic mass is 10.2. The van der Waals surface area contributed by atoms with Gasteiger partial charge in [0.15, 0.2) is 5.13 Å². The third-order valence-corrected chi connectivity index (χ3v) is 5.72. The molecular weight excluding hydrogens is 274 g/mol. The zero-order chi connectivity index (χ0) is 13.8. The second kappa shape index (κ2) is 6.95. The zero-order valence-electron chi connectivity index (χ0n) is 12.4. The van der Waals surface area contributed by atoms with E-state index in [0.29, 0.717) is 12.0 Å². The van der Waals surface area contributed by atoms with Crippen LogP contribution in [0, 0.1) is 12.8 Å². The molecule has 1 fully saturated rings. The number of hydrogen-bond acceptors (Lipinski definition) is 5. The summed E-state index contributed by atoms with van der Waals surface area (Å²) in [5.41, 5.74) is 1.20. The van der Waals surface area contributed by atoms with Crippen molar-refractivity contribution in [2.24, 2.45) is 5.92 Å². The summed E-state index contributed by atoms with van der Waals surface area (Å²) in [5.74, 6) is 3.15. The predicted octanol–water partition coefficient (Wildman–Crippen LogP) is 3.14. The first-order chi connectivity index (χ1) is 9.08. The Morgan fingerprint density at radius 2 is 2.26 bits per heavy atom. The summed E-state index contributed by atoms with van der Waals surface area (Å²) in [4.78, 5) is 8.64. The van der Waals surface area contributed by atoms with Gasteiger partial charge in [0.25, 0.3) is 0 Å². The van der Waals surface area contributed by atoms with Gasteiger partial charge in [-0.15, -0.1) is 11.3 Å². The molecule has 0 aliphatic carbocycles. The van der Waals surface area contributed by atoms with E-state index in [9.17, 15) is 0 Å². The van der Waals surface area contributed by atoms with Crippen LogP contribution in [0.4, 0.5) is 5.13 Å². The molecule has 0 saturated carbocycles. The molecule has 1 atom stereocenters. The number of anilines is 1. The minimum absolute atomic E-state index is 0.612. The Bertz CT molecular complexity index is 403. The standard InChI is InChI=1S/C14H25N3S2/c1-10(2)7-15-8-13-12(4)16-14(19-13)17-5-6-18-9-11(17)3/h10-11,15H,5-9H2,1-4H3. The van der Waals surface area contributed by atoms with Gasteiger partial charge in [-0.2, -0.15) is 11.8 Å². The topological polar surface area (TPSA) is 28.2 Å². The highest BCUT2D eigenvalue weighted by molar-refractivity contribution is 7.99. The highest BCUT2D eigenvalue weighted by Crippen LogP contribution is 2.30. The number of aromatic nitrogens is 1. The molecule has 1 saturated heterocycles. The first-order valence-electron chi connectivity index (χ1n) is 7.09. The summed E-state index contributed by atoms with van der Waals surface area (Å²) in [6.45, 7) is 12.1. The molecule has 2 heterocycles. The molecule has 1 aliphatic heterocycles. The van der Waals surface area contributed by atoms with E-state index < -0.39 is 0 Å². The molecule has 19 heavy (non-hydrogen) atoms. The number of nitrogens with zero attached hydrogens (tertiary/aromatic N) is 2. The molecule has 0 aromatic carbocycles. The Kier molecular flexibility index (Phi) is 5.54. The molecule has 0 spiro atoms. The summed E-state index contributed by atoms with van der Waals surface area (Å²) in [6, 6.07) is 0.612. The van der Waals surface area contributed by atoms with Crippen molar-refractivity contribution < 1.29 is 0 Å². The molecule has 2 rings (SSSR count). The van der Waals surface area contributed by atoms with Gasteiger partial charge in [-0.25, -0.2) is 4.98 Å². The summed E-state index contributed by atoms with van der Waals surface area (Å²) >= 11 is 3.92. The van der Waals surface area contributed by atoms with Crippen molar-refractivity contribution in [2.75, 3.05) is 29.5 Å². The molecule has 0 radical (unpaired) electrons. The maximum Gasteiger partial charge on any atom is 0.186 e. The first kappa shape index (κ1) is 15.1. The van der Waals surface area contributed by atoms with E-state index in [2.05, 4.69) is 49.7 Å². The van der Waals surface area contributed by atoms with E-state index >= 15 is 0 Å². The highest BCUT2D eigenvalue weighted by atomic mass is 32.2. The van der Waals surface area contributed by atoms with Crippen molar-refractivity contribution >= 4 is 28.2 Å². The van der Waals surface area contributed by atoms with E-state index in [0.717, 1.165) is 19.6 Å². The molecule has 3 nitrogen and oxygen atoms in total. The molecule has 1 aliphatic rings. The number of thiazole rings is 1. The van der Waals surface area contributed by atoms with E-state index in [1.54, 1.807) is 0 Å². The van der Waals surface area contributed by atoms with Crippen LogP contribution in [-0.2, 0) is 6.54 Å². The largest absolute Gasteiger partial charge is 0.344 e. The zero-order valence-corrected chi connectivity index (χ0v) is 14.0. The monoisotopic (exact) mass is 299 g/mol. The van der Waals surface area contributed by atoms with Crippen LogP contribution in [0.5, 0.6) is 0 Å². The first-order valence-corrected chi connectivity index (χ1v) is 9.06. The Labute approximate surface area is 125 Å². The normalized spacial score (nSPS) is 20.3. The Balaban J connectivity index is 1.99. The van der Waals surface area contributed by atoms with Crippen LogP contribution in [0.15, 0.2) is 0 Å². The smallest absolute Gasteiger partial charge is 0.186 e. The average Bonchev–Trinajstić information content (AvgIpc) is 2.71. The Morgan fingerprint density at radius 3 is 2.95 bits per heavy atom. The van der Waals surface area contributed by atoms with Crippen LogP contribution >= 0.6 is 23.1 Å². The van der Waals surface area contributed by atoms with E-state index in [1.165, 1.54) is 27.2 Å². The van der Waals surface area contributed by atoms with Crippen LogP contribution in [-0.4, -0.2) is 35.6 Å². The van der Waals surface area contributed by atoms with Crippen molar-refractivity contribution in [1.82, 2.24) is 10.3 Å². The quantitative estimate of drug-likeness (QED) is 0.904.